The van der Waals surface area contributed by atoms with E-state index in [0.717, 1.165) is 12.8 Å². The van der Waals surface area contributed by atoms with Crippen LogP contribution in [0.1, 0.15) is 149 Å². The maximum Gasteiger partial charge on any atom is -0.0129 e. The van der Waals surface area contributed by atoms with E-state index >= 15 is 0 Å². The largest absolute Gasteiger partial charge is 0.0585 e. The molecule has 0 spiro atoms. The topological polar surface area (TPSA) is 0 Å². The van der Waals surface area contributed by atoms with Gasteiger partial charge in [-0.1, -0.05) is 134 Å². The lowest BCUT2D eigenvalue weighted by molar-refractivity contribution is 0.534. The van der Waals surface area contributed by atoms with Gasteiger partial charge in [0.15, 0.2) is 0 Å². The quantitative estimate of drug-likeness (QED) is 0.411. The SMILES string of the molecule is CC(C)(C)c1ccc(CCCc2c(C(C)(C)C)cc(C(C)(C)C)cc2C(C)(C)C)c(C(C)(C)C)c1. The van der Waals surface area contributed by atoms with Crippen LogP contribution in [0.5, 0.6) is 0 Å². The molecule has 2 aromatic rings. The van der Waals surface area contributed by atoms with E-state index < -0.39 is 0 Å². The second-order valence-electron chi connectivity index (χ2n) is 16.0. The maximum atomic E-state index is 2.52. The Morgan fingerprint density at radius 2 is 0.829 bits per heavy atom. The number of benzene rings is 2. The fourth-order valence-electron chi connectivity index (χ4n) is 5.13. The summed E-state index contributed by atoms with van der Waals surface area (Å²) in [6.45, 7) is 35.4. The Kier molecular flexibility index (Phi) is 8.24. The van der Waals surface area contributed by atoms with E-state index in [1.165, 1.54) is 39.8 Å². The van der Waals surface area contributed by atoms with Gasteiger partial charge in [-0.15, -0.1) is 0 Å². The molecule has 35 heavy (non-hydrogen) atoms. The van der Waals surface area contributed by atoms with E-state index in [2.05, 4.69) is 134 Å². The van der Waals surface area contributed by atoms with Gasteiger partial charge in [-0.05, 0) is 85.3 Å². The molecule has 2 aromatic carbocycles. The number of rotatable bonds is 4. The number of aryl methyl sites for hydroxylation is 1. The van der Waals surface area contributed by atoms with Gasteiger partial charge in [0.05, 0.1) is 0 Å². The Hall–Kier alpha value is -1.56. The molecule has 0 saturated carbocycles. The molecule has 0 fully saturated rings. The molecule has 0 aliphatic heterocycles. The predicted octanol–water partition coefficient (Wildman–Crippen LogP) is 10.3. The van der Waals surface area contributed by atoms with Crippen LogP contribution in [-0.4, -0.2) is 0 Å². The van der Waals surface area contributed by atoms with E-state index in [1.807, 2.05) is 0 Å². The van der Waals surface area contributed by atoms with E-state index in [9.17, 15) is 0 Å². The monoisotopic (exact) mass is 476 g/mol. The van der Waals surface area contributed by atoms with Gasteiger partial charge in [-0.2, -0.15) is 0 Å². The molecule has 0 heteroatoms. The van der Waals surface area contributed by atoms with Crippen molar-refractivity contribution in [1.82, 2.24) is 0 Å². The molecule has 0 bridgehead atoms. The second kappa shape index (κ2) is 9.72. The van der Waals surface area contributed by atoms with Crippen LogP contribution in [0.15, 0.2) is 30.3 Å². The standard InChI is InChI=1S/C35H56/c1-31(2,3)25-20-19-24(28(21-25)33(7,8)9)17-16-18-27-29(34(10,11)12)22-26(32(4,5)6)23-30(27)35(13,14)15/h19-23H,16-18H2,1-15H3. The van der Waals surface area contributed by atoms with E-state index in [0.29, 0.717) is 0 Å². The Labute approximate surface area is 219 Å². The molecule has 0 heterocycles. The maximum absolute atomic E-state index is 2.52. The zero-order valence-corrected chi connectivity index (χ0v) is 26.0. The lowest BCUT2D eigenvalue weighted by Crippen LogP contribution is -2.24. The molecular weight excluding hydrogens is 420 g/mol. The average Bonchev–Trinajstić information content (AvgIpc) is 2.63. The van der Waals surface area contributed by atoms with Crippen molar-refractivity contribution in [2.75, 3.05) is 0 Å². The van der Waals surface area contributed by atoms with Crippen LogP contribution in [0.25, 0.3) is 0 Å². The molecular formula is C35H56. The molecule has 0 amide bonds. The molecule has 0 aliphatic carbocycles. The molecule has 2 rings (SSSR count). The summed E-state index contributed by atoms with van der Waals surface area (Å²) >= 11 is 0. The fraction of sp³-hybridized carbons (Fsp3) is 0.657. The first-order chi connectivity index (χ1) is 15.5. The van der Waals surface area contributed by atoms with Crippen molar-refractivity contribution in [1.29, 1.82) is 0 Å². The first-order valence-electron chi connectivity index (χ1n) is 13.8. The minimum absolute atomic E-state index is 0.127. The van der Waals surface area contributed by atoms with Gasteiger partial charge < -0.3 is 0 Å². The summed E-state index contributed by atoms with van der Waals surface area (Å²) in [6.07, 6.45) is 3.44. The predicted molar refractivity (Wildman–Crippen MR) is 158 cm³/mol. The van der Waals surface area contributed by atoms with Crippen molar-refractivity contribution in [2.45, 2.75) is 150 Å². The summed E-state index contributed by atoms with van der Waals surface area (Å²) in [5.41, 5.74) is 11.3. The molecule has 0 atom stereocenters. The van der Waals surface area contributed by atoms with Crippen LogP contribution >= 0.6 is 0 Å². The molecule has 0 unspecified atom stereocenters. The molecule has 0 radical (unpaired) electrons. The zero-order valence-electron chi connectivity index (χ0n) is 26.0. The minimum atomic E-state index is 0.127. The van der Waals surface area contributed by atoms with Gasteiger partial charge in [-0.3, -0.25) is 0 Å². The summed E-state index contributed by atoms with van der Waals surface area (Å²) in [5, 5.41) is 0. The highest BCUT2D eigenvalue weighted by molar-refractivity contribution is 5.48. The van der Waals surface area contributed by atoms with Crippen LogP contribution < -0.4 is 0 Å². The van der Waals surface area contributed by atoms with Crippen molar-refractivity contribution in [2.24, 2.45) is 0 Å². The summed E-state index contributed by atoms with van der Waals surface area (Å²) in [4.78, 5) is 0. The zero-order chi connectivity index (χ0) is 27.2. The van der Waals surface area contributed by atoms with E-state index in [-0.39, 0.29) is 27.1 Å². The van der Waals surface area contributed by atoms with Crippen LogP contribution in [-0.2, 0) is 39.9 Å². The Balaban J connectivity index is 2.52. The Morgan fingerprint density at radius 3 is 1.20 bits per heavy atom. The lowest BCUT2D eigenvalue weighted by Gasteiger charge is -2.34. The van der Waals surface area contributed by atoms with Crippen molar-refractivity contribution < 1.29 is 0 Å². The summed E-state index contributed by atoms with van der Waals surface area (Å²) < 4.78 is 0. The highest BCUT2D eigenvalue weighted by Gasteiger charge is 2.29. The normalized spacial score (nSPS) is 13.9. The van der Waals surface area contributed by atoms with Crippen LogP contribution in [0.3, 0.4) is 0 Å². The van der Waals surface area contributed by atoms with Crippen LogP contribution in [0.2, 0.25) is 0 Å². The minimum Gasteiger partial charge on any atom is -0.0585 e. The van der Waals surface area contributed by atoms with Crippen molar-refractivity contribution in [3.05, 3.63) is 69.3 Å². The first-order valence-corrected chi connectivity index (χ1v) is 13.8. The molecule has 0 aliphatic rings. The third-order valence-corrected chi connectivity index (χ3v) is 7.39. The number of hydrogen-bond acceptors (Lipinski definition) is 0. The van der Waals surface area contributed by atoms with Crippen molar-refractivity contribution in [3.63, 3.8) is 0 Å². The number of hydrogen-bond donors (Lipinski definition) is 0. The summed E-state index contributed by atoms with van der Waals surface area (Å²) in [7, 11) is 0. The van der Waals surface area contributed by atoms with Gasteiger partial charge in [-0.25, -0.2) is 0 Å². The lowest BCUT2D eigenvalue weighted by atomic mass is 9.71. The van der Waals surface area contributed by atoms with Gasteiger partial charge in [0.25, 0.3) is 0 Å². The van der Waals surface area contributed by atoms with Crippen molar-refractivity contribution >= 4 is 0 Å². The molecule has 0 nitrogen and oxygen atoms in total. The third kappa shape index (κ3) is 7.47. The smallest absolute Gasteiger partial charge is 0.0129 e. The molecule has 0 N–H and O–H groups in total. The van der Waals surface area contributed by atoms with Crippen LogP contribution in [0, 0.1) is 0 Å². The van der Waals surface area contributed by atoms with E-state index in [1.54, 1.807) is 5.56 Å². The van der Waals surface area contributed by atoms with Gasteiger partial charge in [0.2, 0.25) is 0 Å². The van der Waals surface area contributed by atoms with Gasteiger partial charge in [0.1, 0.15) is 0 Å². The average molecular weight is 477 g/mol. The Morgan fingerprint density at radius 1 is 0.429 bits per heavy atom. The fourth-order valence-corrected chi connectivity index (χ4v) is 5.13. The summed E-state index contributed by atoms with van der Waals surface area (Å²) in [6, 6.07) is 12.3. The molecule has 0 saturated heterocycles. The first kappa shape index (κ1) is 29.7. The van der Waals surface area contributed by atoms with Gasteiger partial charge >= 0.3 is 0 Å². The summed E-state index contributed by atoms with van der Waals surface area (Å²) in [5.74, 6) is 0. The highest BCUT2D eigenvalue weighted by atomic mass is 14.3. The molecule has 196 valence electrons. The van der Waals surface area contributed by atoms with Crippen molar-refractivity contribution in [3.8, 4) is 0 Å². The Bertz CT molecular complexity index is 977. The third-order valence-electron chi connectivity index (χ3n) is 7.39. The van der Waals surface area contributed by atoms with Crippen LogP contribution in [0.4, 0.5) is 0 Å². The second-order valence-corrected chi connectivity index (χ2v) is 16.0. The van der Waals surface area contributed by atoms with E-state index in [4.69, 9.17) is 0 Å². The van der Waals surface area contributed by atoms with Gasteiger partial charge in [0, 0.05) is 0 Å². The highest BCUT2D eigenvalue weighted by Crippen LogP contribution is 2.39. The molecule has 0 aromatic heterocycles.